The van der Waals surface area contributed by atoms with E-state index in [2.05, 4.69) is 54.0 Å². The Hall–Kier alpha value is -0.340. The summed E-state index contributed by atoms with van der Waals surface area (Å²) >= 11 is 3.41. The topological polar surface area (TPSA) is 9.23 Å². The Balaban J connectivity index is 2.69. The molecule has 0 aromatic heterocycles. The number of hydrogen-bond acceptors (Lipinski definition) is 1. The molecular formula is C11H15BrO. The van der Waals surface area contributed by atoms with E-state index in [1.807, 2.05) is 0 Å². The highest BCUT2D eigenvalue weighted by Gasteiger charge is 2.16. The van der Waals surface area contributed by atoms with Crippen LogP contribution in [0.2, 0.25) is 0 Å². The molecule has 72 valence electrons. The summed E-state index contributed by atoms with van der Waals surface area (Å²) < 4.78 is 6.48. The van der Waals surface area contributed by atoms with E-state index >= 15 is 0 Å². The summed E-state index contributed by atoms with van der Waals surface area (Å²) in [7, 11) is 1.75. The lowest BCUT2D eigenvalue weighted by atomic mass is 9.99. The normalized spacial score (nSPS) is 11.7. The fourth-order valence-corrected chi connectivity index (χ4v) is 1.43. The summed E-state index contributed by atoms with van der Waals surface area (Å²) in [6.45, 7) is 4.18. The third-order valence-electron chi connectivity index (χ3n) is 2.10. The second-order valence-electron chi connectivity index (χ2n) is 3.77. The molecule has 1 aromatic rings. The van der Waals surface area contributed by atoms with E-state index in [9.17, 15) is 0 Å². The highest BCUT2D eigenvalue weighted by Crippen LogP contribution is 2.18. The predicted molar refractivity (Wildman–Crippen MR) is 58.9 cm³/mol. The van der Waals surface area contributed by atoms with Crippen LogP contribution in [0.4, 0.5) is 0 Å². The Kier molecular flexibility index (Phi) is 3.51. The Morgan fingerprint density at radius 1 is 1.23 bits per heavy atom. The molecule has 0 heterocycles. The van der Waals surface area contributed by atoms with Gasteiger partial charge >= 0.3 is 0 Å². The van der Waals surface area contributed by atoms with Crippen molar-refractivity contribution in [2.45, 2.75) is 25.9 Å². The van der Waals surface area contributed by atoms with Crippen molar-refractivity contribution in [3.8, 4) is 0 Å². The van der Waals surface area contributed by atoms with Gasteiger partial charge in [0, 0.05) is 18.0 Å². The van der Waals surface area contributed by atoms with Gasteiger partial charge in [0.05, 0.1) is 5.60 Å². The molecule has 0 N–H and O–H groups in total. The maximum Gasteiger partial charge on any atom is 0.0662 e. The van der Waals surface area contributed by atoms with Gasteiger partial charge in [0.1, 0.15) is 0 Å². The van der Waals surface area contributed by atoms with Crippen LogP contribution in [-0.4, -0.2) is 12.7 Å². The summed E-state index contributed by atoms with van der Waals surface area (Å²) in [5.74, 6) is 0. The number of halogens is 1. The zero-order chi connectivity index (χ0) is 9.90. The Bertz CT molecular complexity index is 264. The van der Waals surface area contributed by atoms with E-state index in [4.69, 9.17) is 4.74 Å². The van der Waals surface area contributed by atoms with Crippen LogP contribution in [0.15, 0.2) is 28.7 Å². The minimum atomic E-state index is -0.0756. The molecule has 0 fully saturated rings. The maximum atomic E-state index is 5.36. The third kappa shape index (κ3) is 3.49. The molecule has 2 heteroatoms. The monoisotopic (exact) mass is 242 g/mol. The zero-order valence-corrected chi connectivity index (χ0v) is 9.89. The highest BCUT2D eigenvalue weighted by molar-refractivity contribution is 9.10. The smallest absolute Gasteiger partial charge is 0.0662 e. The highest BCUT2D eigenvalue weighted by atomic mass is 79.9. The van der Waals surface area contributed by atoms with E-state index < -0.39 is 0 Å². The van der Waals surface area contributed by atoms with Crippen LogP contribution in [-0.2, 0) is 11.2 Å². The number of ether oxygens (including phenoxy) is 1. The third-order valence-corrected chi connectivity index (χ3v) is 2.62. The summed E-state index contributed by atoms with van der Waals surface area (Å²) in [6, 6.07) is 8.35. The van der Waals surface area contributed by atoms with Crippen molar-refractivity contribution in [1.29, 1.82) is 0 Å². The standard InChI is InChI=1S/C11H15BrO/c1-11(2,13-3)8-9-4-6-10(12)7-5-9/h4-7H,8H2,1-3H3. The number of hydrogen-bond donors (Lipinski definition) is 0. The van der Waals surface area contributed by atoms with Crippen molar-refractivity contribution < 1.29 is 4.74 Å². The molecule has 0 aliphatic rings. The first kappa shape index (κ1) is 10.7. The first-order chi connectivity index (χ1) is 6.03. The predicted octanol–water partition coefficient (Wildman–Crippen LogP) is 3.42. The van der Waals surface area contributed by atoms with Crippen LogP contribution in [0.5, 0.6) is 0 Å². The molecule has 0 saturated carbocycles. The number of methoxy groups -OCH3 is 1. The summed E-state index contributed by atoms with van der Waals surface area (Å²) in [5.41, 5.74) is 1.23. The molecule has 1 aromatic carbocycles. The first-order valence-electron chi connectivity index (χ1n) is 4.33. The average molecular weight is 243 g/mol. The van der Waals surface area contributed by atoms with Crippen molar-refractivity contribution in [3.05, 3.63) is 34.3 Å². The molecule has 0 bridgehead atoms. The van der Waals surface area contributed by atoms with Crippen molar-refractivity contribution in [2.75, 3.05) is 7.11 Å². The molecule has 0 aliphatic carbocycles. The molecule has 0 atom stereocenters. The van der Waals surface area contributed by atoms with E-state index in [0.29, 0.717) is 0 Å². The molecule has 0 unspecified atom stereocenters. The number of benzene rings is 1. The molecule has 0 radical (unpaired) electrons. The molecule has 0 aliphatic heterocycles. The van der Waals surface area contributed by atoms with Crippen LogP contribution in [0.3, 0.4) is 0 Å². The summed E-state index contributed by atoms with van der Waals surface area (Å²) in [6.07, 6.45) is 0.941. The van der Waals surface area contributed by atoms with Crippen molar-refractivity contribution in [3.63, 3.8) is 0 Å². The second-order valence-corrected chi connectivity index (χ2v) is 4.68. The number of rotatable bonds is 3. The van der Waals surface area contributed by atoms with Crippen molar-refractivity contribution >= 4 is 15.9 Å². The summed E-state index contributed by atoms with van der Waals surface area (Å²) in [4.78, 5) is 0. The van der Waals surface area contributed by atoms with Gasteiger partial charge in [0.15, 0.2) is 0 Å². The molecule has 13 heavy (non-hydrogen) atoms. The SMILES string of the molecule is COC(C)(C)Cc1ccc(Br)cc1. The molecule has 0 amide bonds. The molecule has 0 saturated heterocycles. The van der Waals surface area contributed by atoms with Gasteiger partial charge in [-0.05, 0) is 31.5 Å². The zero-order valence-electron chi connectivity index (χ0n) is 8.30. The molecule has 1 rings (SSSR count). The van der Waals surface area contributed by atoms with Crippen LogP contribution >= 0.6 is 15.9 Å². The summed E-state index contributed by atoms with van der Waals surface area (Å²) in [5, 5.41) is 0. The first-order valence-corrected chi connectivity index (χ1v) is 5.12. The minimum Gasteiger partial charge on any atom is -0.378 e. The van der Waals surface area contributed by atoms with E-state index in [0.717, 1.165) is 10.9 Å². The van der Waals surface area contributed by atoms with Crippen LogP contribution < -0.4 is 0 Å². The van der Waals surface area contributed by atoms with Crippen molar-refractivity contribution in [1.82, 2.24) is 0 Å². The van der Waals surface area contributed by atoms with E-state index in [-0.39, 0.29) is 5.60 Å². The Morgan fingerprint density at radius 3 is 2.23 bits per heavy atom. The Morgan fingerprint density at radius 2 is 1.77 bits per heavy atom. The molecular weight excluding hydrogens is 228 g/mol. The average Bonchev–Trinajstić information content (AvgIpc) is 2.09. The van der Waals surface area contributed by atoms with Gasteiger partial charge in [0.2, 0.25) is 0 Å². The lowest BCUT2D eigenvalue weighted by Crippen LogP contribution is -2.25. The van der Waals surface area contributed by atoms with Gasteiger partial charge in [-0.15, -0.1) is 0 Å². The fourth-order valence-electron chi connectivity index (χ4n) is 1.17. The largest absolute Gasteiger partial charge is 0.378 e. The fraction of sp³-hybridized carbons (Fsp3) is 0.455. The lowest BCUT2D eigenvalue weighted by Gasteiger charge is -2.22. The lowest BCUT2D eigenvalue weighted by molar-refractivity contribution is 0.0232. The second kappa shape index (κ2) is 4.25. The van der Waals surface area contributed by atoms with Gasteiger partial charge in [-0.25, -0.2) is 0 Å². The van der Waals surface area contributed by atoms with E-state index in [1.54, 1.807) is 7.11 Å². The maximum absolute atomic E-state index is 5.36. The minimum absolute atomic E-state index is 0.0756. The van der Waals surface area contributed by atoms with Crippen LogP contribution in [0.1, 0.15) is 19.4 Å². The van der Waals surface area contributed by atoms with Gasteiger partial charge < -0.3 is 4.74 Å². The van der Waals surface area contributed by atoms with Crippen LogP contribution in [0, 0.1) is 0 Å². The van der Waals surface area contributed by atoms with Crippen LogP contribution in [0.25, 0.3) is 0 Å². The van der Waals surface area contributed by atoms with Crippen molar-refractivity contribution in [2.24, 2.45) is 0 Å². The van der Waals surface area contributed by atoms with Gasteiger partial charge in [-0.2, -0.15) is 0 Å². The van der Waals surface area contributed by atoms with Gasteiger partial charge in [-0.3, -0.25) is 0 Å². The van der Waals surface area contributed by atoms with E-state index in [1.165, 1.54) is 5.56 Å². The Labute approximate surface area is 88.2 Å². The molecule has 0 spiro atoms. The quantitative estimate of drug-likeness (QED) is 0.790. The molecule has 1 nitrogen and oxygen atoms in total. The van der Waals surface area contributed by atoms with Gasteiger partial charge in [-0.1, -0.05) is 28.1 Å². The van der Waals surface area contributed by atoms with Gasteiger partial charge in [0.25, 0.3) is 0 Å².